The van der Waals surface area contributed by atoms with Crippen LogP contribution in [0.1, 0.15) is 37.0 Å². The van der Waals surface area contributed by atoms with Crippen LogP contribution in [-0.2, 0) is 14.3 Å². The lowest BCUT2D eigenvalue weighted by Gasteiger charge is -2.34. The smallest absolute Gasteiger partial charge is 0.308 e. The predicted molar refractivity (Wildman–Crippen MR) is 94.3 cm³/mol. The van der Waals surface area contributed by atoms with Crippen molar-refractivity contribution in [2.45, 2.75) is 32.7 Å². The molecule has 1 heterocycles. The summed E-state index contributed by atoms with van der Waals surface area (Å²) in [7, 11) is 0. The zero-order valence-electron chi connectivity index (χ0n) is 14.5. The normalized spacial score (nSPS) is 17.4. The number of halogens is 1. The summed E-state index contributed by atoms with van der Waals surface area (Å²) in [5, 5.41) is 3.22. The van der Waals surface area contributed by atoms with Gasteiger partial charge in [-0.25, -0.2) is 0 Å². The van der Waals surface area contributed by atoms with Crippen LogP contribution in [0.3, 0.4) is 0 Å². The quantitative estimate of drug-likeness (QED) is 0.783. The number of amides is 2. The van der Waals surface area contributed by atoms with E-state index in [1.165, 1.54) is 4.90 Å². The van der Waals surface area contributed by atoms with E-state index in [4.69, 9.17) is 16.3 Å². The van der Waals surface area contributed by atoms with E-state index >= 15 is 0 Å². The van der Waals surface area contributed by atoms with Crippen molar-refractivity contribution in [1.82, 2.24) is 10.2 Å². The second-order valence-corrected chi connectivity index (χ2v) is 6.86. The Hall–Kier alpha value is -2.08. The fraction of sp³-hybridized carbons (Fsp3) is 0.500. The topological polar surface area (TPSA) is 75.7 Å². The van der Waals surface area contributed by atoms with Gasteiger partial charge in [-0.05, 0) is 36.6 Å². The van der Waals surface area contributed by atoms with Crippen LogP contribution in [0.25, 0.3) is 0 Å². The maximum atomic E-state index is 12.7. The number of nitrogens with zero attached hydrogens (tertiary/aromatic N) is 1. The Kier molecular flexibility index (Phi) is 6.82. The molecule has 0 saturated carbocycles. The molecule has 1 fully saturated rings. The molecule has 0 aromatic heterocycles. The Morgan fingerprint density at radius 1 is 1.32 bits per heavy atom. The molecule has 6 nitrogen and oxygen atoms in total. The summed E-state index contributed by atoms with van der Waals surface area (Å²) in [5.41, 5.74) is 0.428. The number of rotatable bonds is 6. The first kappa shape index (κ1) is 19.2. The number of carbonyl (C=O) groups is 3. The van der Waals surface area contributed by atoms with Crippen molar-refractivity contribution in [2.24, 2.45) is 5.92 Å². The number of hydrogen-bond acceptors (Lipinski definition) is 4. The molecule has 136 valence electrons. The summed E-state index contributed by atoms with van der Waals surface area (Å²) in [4.78, 5) is 38.3. The van der Waals surface area contributed by atoms with Crippen molar-refractivity contribution in [1.29, 1.82) is 0 Å². The summed E-state index contributed by atoms with van der Waals surface area (Å²) < 4.78 is 5.18. The summed E-state index contributed by atoms with van der Waals surface area (Å²) >= 11 is 5.84. The van der Waals surface area contributed by atoms with Crippen LogP contribution in [0, 0.1) is 5.92 Å². The van der Waals surface area contributed by atoms with E-state index < -0.39 is 12.0 Å². The van der Waals surface area contributed by atoms with Crippen molar-refractivity contribution in [2.75, 3.05) is 19.7 Å². The van der Waals surface area contributed by atoms with E-state index in [9.17, 15) is 14.4 Å². The molecule has 1 unspecified atom stereocenters. The van der Waals surface area contributed by atoms with Crippen LogP contribution in [0.2, 0.25) is 5.02 Å². The Balaban J connectivity index is 2.04. The number of ether oxygens (including phenoxy) is 1. The molecule has 2 rings (SSSR count). The van der Waals surface area contributed by atoms with Gasteiger partial charge in [-0.1, -0.05) is 25.4 Å². The first-order chi connectivity index (χ1) is 11.9. The average Bonchev–Trinajstić information content (AvgIpc) is 2.56. The largest absolute Gasteiger partial charge is 0.466 e. The third kappa shape index (κ3) is 5.46. The van der Waals surface area contributed by atoms with Crippen LogP contribution >= 0.6 is 11.6 Å². The van der Waals surface area contributed by atoms with Crippen molar-refractivity contribution in [3.8, 4) is 0 Å². The van der Waals surface area contributed by atoms with E-state index in [1.54, 1.807) is 24.3 Å². The molecule has 1 aromatic rings. The van der Waals surface area contributed by atoms with E-state index in [1.807, 2.05) is 13.8 Å². The predicted octanol–water partition coefficient (Wildman–Crippen LogP) is 2.26. The third-order valence-corrected chi connectivity index (χ3v) is 4.25. The molecule has 0 bridgehead atoms. The highest BCUT2D eigenvalue weighted by Crippen LogP contribution is 2.17. The monoisotopic (exact) mass is 366 g/mol. The molecule has 1 aromatic carbocycles. The summed E-state index contributed by atoms with van der Waals surface area (Å²) in [6.07, 6.45) is 0.610. The second kappa shape index (κ2) is 8.85. The van der Waals surface area contributed by atoms with Crippen molar-refractivity contribution in [3.63, 3.8) is 0 Å². The van der Waals surface area contributed by atoms with Crippen molar-refractivity contribution < 1.29 is 19.1 Å². The molecule has 1 aliphatic heterocycles. The van der Waals surface area contributed by atoms with Gasteiger partial charge < -0.3 is 15.0 Å². The Bertz CT molecular complexity index is 630. The molecule has 1 saturated heterocycles. The van der Waals surface area contributed by atoms with Gasteiger partial charge in [0.2, 0.25) is 5.91 Å². The van der Waals surface area contributed by atoms with E-state index in [0.717, 1.165) is 6.42 Å². The molecule has 25 heavy (non-hydrogen) atoms. The lowest BCUT2D eigenvalue weighted by Crippen LogP contribution is -2.57. The van der Waals surface area contributed by atoms with Crippen molar-refractivity contribution in [3.05, 3.63) is 34.9 Å². The standard InChI is InChI=1S/C18H23ClN2O4/c1-12(2)7-10-25-16(22)11-15-17(23)20-8-9-21(15)18(24)13-3-5-14(19)6-4-13/h3-6,12,15H,7-11H2,1-2H3,(H,20,23). The zero-order chi connectivity index (χ0) is 18.4. The fourth-order valence-corrected chi connectivity index (χ4v) is 2.67. The number of nitrogens with one attached hydrogen (secondary N) is 1. The first-order valence-electron chi connectivity index (χ1n) is 8.38. The lowest BCUT2D eigenvalue weighted by atomic mass is 10.1. The Morgan fingerprint density at radius 2 is 2.00 bits per heavy atom. The van der Waals surface area contributed by atoms with E-state index in [-0.39, 0.29) is 18.2 Å². The molecule has 0 spiro atoms. The van der Waals surface area contributed by atoms with Gasteiger partial charge >= 0.3 is 5.97 Å². The first-order valence-corrected chi connectivity index (χ1v) is 8.76. The minimum absolute atomic E-state index is 0.150. The van der Waals surface area contributed by atoms with Crippen LogP contribution in [0.15, 0.2) is 24.3 Å². The number of hydrogen-bond donors (Lipinski definition) is 1. The SMILES string of the molecule is CC(C)CCOC(=O)CC1C(=O)NCCN1C(=O)c1ccc(Cl)cc1. The number of piperazine rings is 1. The minimum atomic E-state index is -0.858. The average molecular weight is 367 g/mol. The molecule has 1 aliphatic rings. The Morgan fingerprint density at radius 3 is 2.64 bits per heavy atom. The molecule has 1 atom stereocenters. The van der Waals surface area contributed by atoms with Gasteiger partial charge in [-0.3, -0.25) is 14.4 Å². The van der Waals surface area contributed by atoms with Gasteiger partial charge in [0.1, 0.15) is 6.04 Å². The van der Waals surface area contributed by atoms with Gasteiger partial charge in [-0.15, -0.1) is 0 Å². The summed E-state index contributed by atoms with van der Waals surface area (Å²) in [5.74, 6) is -0.689. The summed E-state index contributed by atoms with van der Waals surface area (Å²) in [6, 6.07) is 5.59. The molecular weight excluding hydrogens is 344 g/mol. The maximum absolute atomic E-state index is 12.7. The van der Waals surface area contributed by atoms with Gasteiger partial charge in [0.15, 0.2) is 0 Å². The number of carbonyl (C=O) groups excluding carboxylic acids is 3. The fourth-order valence-electron chi connectivity index (χ4n) is 2.54. The van der Waals surface area contributed by atoms with Crippen molar-refractivity contribution >= 4 is 29.4 Å². The van der Waals surface area contributed by atoms with Gasteiger partial charge in [0.25, 0.3) is 5.91 Å². The minimum Gasteiger partial charge on any atom is -0.466 e. The van der Waals surface area contributed by atoms with Gasteiger partial charge in [0.05, 0.1) is 13.0 Å². The number of benzene rings is 1. The second-order valence-electron chi connectivity index (χ2n) is 6.42. The highest BCUT2D eigenvalue weighted by molar-refractivity contribution is 6.30. The van der Waals surface area contributed by atoms with Gasteiger partial charge in [-0.2, -0.15) is 0 Å². The molecular formula is C18H23ClN2O4. The number of esters is 1. The van der Waals surface area contributed by atoms with Crippen LogP contribution < -0.4 is 5.32 Å². The lowest BCUT2D eigenvalue weighted by molar-refractivity contribution is -0.148. The molecule has 7 heteroatoms. The third-order valence-electron chi connectivity index (χ3n) is 4.00. The highest BCUT2D eigenvalue weighted by atomic mass is 35.5. The summed E-state index contributed by atoms with van der Waals surface area (Å²) in [6.45, 7) is 5.09. The van der Waals surface area contributed by atoms with E-state index in [2.05, 4.69) is 5.32 Å². The van der Waals surface area contributed by atoms with Crippen LogP contribution in [-0.4, -0.2) is 48.4 Å². The maximum Gasteiger partial charge on any atom is 0.308 e. The molecule has 1 N–H and O–H groups in total. The van der Waals surface area contributed by atoms with Crippen LogP contribution in [0.5, 0.6) is 0 Å². The zero-order valence-corrected chi connectivity index (χ0v) is 15.2. The Labute approximate surface area is 152 Å². The van der Waals surface area contributed by atoms with Crippen LogP contribution in [0.4, 0.5) is 0 Å². The molecule has 2 amide bonds. The highest BCUT2D eigenvalue weighted by Gasteiger charge is 2.35. The molecule has 0 aliphatic carbocycles. The van der Waals surface area contributed by atoms with Gasteiger partial charge in [0, 0.05) is 23.7 Å². The van der Waals surface area contributed by atoms with E-state index in [0.29, 0.717) is 36.2 Å². The molecule has 0 radical (unpaired) electrons.